The highest BCUT2D eigenvalue weighted by Gasteiger charge is 2.40. The van der Waals surface area contributed by atoms with Crippen LogP contribution in [0.15, 0.2) is 24.3 Å². The molecule has 116 valence electrons. The highest BCUT2D eigenvalue weighted by Crippen LogP contribution is 2.27. The Hall–Kier alpha value is -1.77. The van der Waals surface area contributed by atoms with Crippen molar-refractivity contribution in [1.29, 1.82) is 0 Å². The van der Waals surface area contributed by atoms with E-state index in [1.807, 2.05) is 0 Å². The summed E-state index contributed by atoms with van der Waals surface area (Å²) in [6.07, 6.45) is -13.3. The third kappa shape index (κ3) is 3.66. The van der Waals surface area contributed by atoms with E-state index in [2.05, 4.69) is 4.98 Å². The van der Waals surface area contributed by atoms with Crippen LogP contribution >= 0.6 is 0 Å². The van der Waals surface area contributed by atoms with Crippen LogP contribution in [-0.4, -0.2) is 33.1 Å². The van der Waals surface area contributed by atoms with Crippen molar-refractivity contribution < 1.29 is 31.4 Å². The summed E-state index contributed by atoms with van der Waals surface area (Å²) < 4.78 is 75.4. The minimum absolute atomic E-state index is 0.0687. The lowest BCUT2D eigenvalue weighted by Gasteiger charge is -2.16. The lowest BCUT2D eigenvalue weighted by molar-refractivity contribution is -0.203. The summed E-state index contributed by atoms with van der Waals surface area (Å²) in [5.74, 6) is -0.460. The van der Waals surface area contributed by atoms with Crippen LogP contribution in [0.25, 0.3) is 11.0 Å². The molecule has 9 heteroatoms. The Morgan fingerprint density at radius 2 is 1.71 bits per heavy atom. The molecule has 0 aliphatic carbocycles. The average Bonchev–Trinajstić information content (AvgIpc) is 2.64. The second-order valence-electron chi connectivity index (χ2n) is 4.48. The molecule has 1 N–H and O–H groups in total. The van der Waals surface area contributed by atoms with E-state index in [0.29, 0.717) is 4.57 Å². The van der Waals surface area contributed by atoms with E-state index < -0.39 is 37.2 Å². The molecule has 0 radical (unpaired) electrons. The average molecular weight is 312 g/mol. The number of hydrogen-bond donors (Lipinski definition) is 1. The van der Waals surface area contributed by atoms with Crippen molar-refractivity contribution in [3.05, 3.63) is 30.1 Å². The summed E-state index contributed by atoms with van der Waals surface area (Å²) in [5.41, 5.74) is 0.213. The van der Waals surface area contributed by atoms with Gasteiger partial charge in [-0.3, -0.25) is 0 Å². The molecular formula is C12H10F6N2O. The smallest absolute Gasteiger partial charge is 0.383 e. The summed E-state index contributed by atoms with van der Waals surface area (Å²) in [4.78, 5) is 3.75. The molecular weight excluding hydrogens is 302 g/mol. The van der Waals surface area contributed by atoms with Gasteiger partial charge < -0.3 is 9.67 Å². The van der Waals surface area contributed by atoms with Crippen molar-refractivity contribution in [3.8, 4) is 0 Å². The first-order valence-corrected chi connectivity index (χ1v) is 5.83. The molecule has 0 spiro atoms. The quantitative estimate of drug-likeness (QED) is 0.885. The zero-order chi connectivity index (χ0) is 15.8. The fourth-order valence-electron chi connectivity index (χ4n) is 1.93. The molecule has 0 aliphatic heterocycles. The van der Waals surface area contributed by atoms with E-state index >= 15 is 0 Å². The topological polar surface area (TPSA) is 38.1 Å². The first-order chi connectivity index (χ1) is 9.58. The molecule has 0 aliphatic rings. The van der Waals surface area contributed by atoms with E-state index in [1.54, 1.807) is 0 Å². The summed E-state index contributed by atoms with van der Waals surface area (Å²) >= 11 is 0. The van der Waals surface area contributed by atoms with Crippen LogP contribution in [-0.2, 0) is 13.0 Å². The minimum Gasteiger partial charge on any atom is -0.383 e. The molecule has 2 rings (SSSR count). The van der Waals surface area contributed by atoms with Gasteiger partial charge in [0.15, 0.2) is 6.10 Å². The molecule has 2 aromatic rings. The molecule has 0 amide bonds. The number of hydrogen-bond acceptors (Lipinski definition) is 2. The number of aromatic nitrogens is 2. The van der Waals surface area contributed by atoms with Gasteiger partial charge in [0.05, 0.1) is 11.0 Å². The predicted molar refractivity (Wildman–Crippen MR) is 61.6 cm³/mol. The van der Waals surface area contributed by atoms with Crippen molar-refractivity contribution in [1.82, 2.24) is 9.55 Å². The maximum absolute atomic E-state index is 12.6. The van der Waals surface area contributed by atoms with Gasteiger partial charge in [-0.25, -0.2) is 4.98 Å². The summed E-state index contributed by atoms with van der Waals surface area (Å²) in [6.45, 7) is -1.46. The van der Waals surface area contributed by atoms with Gasteiger partial charge in [0, 0.05) is 6.42 Å². The van der Waals surface area contributed by atoms with Gasteiger partial charge in [0.25, 0.3) is 0 Å². The maximum atomic E-state index is 12.6. The largest absolute Gasteiger partial charge is 0.414 e. The van der Waals surface area contributed by atoms with E-state index in [0.717, 1.165) is 0 Å². The highest BCUT2D eigenvalue weighted by molar-refractivity contribution is 5.75. The lowest BCUT2D eigenvalue weighted by atomic mass is 10.2. The Bertz CT molecular complexity index is 631. The van der Waals surface area contributed by atoms with E-state index in [-0.39, 0.29) is 11.0 Å². The third-order valence-corrected chi connectivity index (χ3v) is 2.82. The Balaban J connectivity index is 2.44. The fourth-order valence-corrected chi connectivity index (χ4v) is 1.93. The van der Waals surface area contributed by atoms with Crippen molar-refractivity contribution in [2.75, 3.05) is 0 Å². The number of aliphatic hydroxyl groups is 1. The zero-order valence-electron chi connectivity index (χ0n) is 10.4. The Kier molecular flexibility index (Phi) is 3.87. The summed E-state index contributed by atoms with van der Waals surface area (Å²) in [7, 11) is 0. The van der Waals surface area contributed by atoms with Gasteiger partial charge in [-0.15, -0.1) is 0 Å². The number of aliphatic hydroxyl groups excluding tert-OH is 1. The molecule has 0 bridgehead atoms. The van der Waals surface area contributed by atoms with E-state index in [4.69, 9.17) is 5.11 Å². The van der Waals surface area contributed by atoms with Crippen molar-refractivity contribution >= 4 is 11.0 Å². The van der Waals surface area contributed by atoms with Crippen molar-refractivity contribution in [3.63, 3.8) is 0 Å². The lowest BCUT2D eigenvalue weighted by Crippen LogP contribution is -2.32. The van der Waals surface area contributed by atoms with Crippen LogP contribution in [0, 0.1) is 0 Å². The van der Waals surface area contributed by atoms with Crippen LogP contribution in [0.2, 0.25) is 0 Å². The molecule has 0 fully saturated rings. The number of imidazole rings is 1. The molecule has 1 aromatic carbocycles. The van der Waals surface area contributed by atoms with Gasteiger partial charge in [-0.1, -0.05) is 12.1 Å². The van der Waals surface area contributed by atoms with Crippen LogP contribution in [0.1, 0.15) is 5.82 Å². The molecule has 0 saturated carbocycles. The van der Waals surface area contributed by atoms with Gasteiger partial charge in [0.2, 0.25) is 0 Å². The number of benzene rings is 1. The van der Waals surface area contributed by atoms with E-state index in [1.165, 1.54) is 24.3 Å². The SMILES string of the molecule is OC(Cc1nc2ccccc2n1CC(F)(F)F)C(F)(F)F. The van der Waals surface area contributed by atoms with Gasteiger partial charge >= 0.3 is 12.4 Å². The highest BCUT2D eigenvalue weighted by atomic mass is 19.4. The maximum Gasteiger partial charge on any atom is 0.414 e. The second kappa shape index (κ2) is 5.21. The van der Waals surface area contributed by atoms with Gasteiger partial charge in [-0.2, -0.15) is 26.3 Å². The van der Waals surface area contributed by atoms with Crippen LogP contribution in [0.5, 0.6) is 0 Å². The number of nitrogens with zero attached hydrogens (tertiary/aromatic N) is 2. The summed E-state index contributed by atoms with van der Waals surface area (Å²) in [5, 5.41) is 9.03. The molecule has 1 heterocycles. The van der Waals surface area contributed by atoms with Gasteiger partial charge in [0.1, 0.15) is 12.4 Å². The second-order valence-corrected chi connectivity index (χ2v) is 4.48. The van der Waals surface area contributed by atoms with E-state index in [9.17, 15) is 26.3 Å². The normalized spacial score (nSPS) is 14.6. The molecule has 1 atom stereocenters. The van der Waals surface area contributed by atoms with Crippen molar-refractivity contribution in [2.45, 2.75) is 31.4 Å². The Labute approximate surface area is 114 Å². The molecule has 0 saturated heterocycles. The van der Waals surface area contributed by atoms with Crippen LogP contribution in [0.3, 0.4) is 0 Å². The number of alkyl halides is 6. The fraction of sp³-hybridized carbons (Fsp3) is 0.417. The molecule has 1 aromatic heterocycles. The number of para-hydroxylation sites is 2. The molecule has 3 nitrogen and oxygen atoms in total. The predicted octanol–water partition coefficient (Wildman–Crippen LogP) is 3.06. The van der Waals surface area contributed by atoms with Gasteiger partial charge in [-0.05, 0) is 12.1 Å². The number of fused-ring (bicyclic) bond motifs is 1. The first kappa shape index (κ1) is 15.6. The molecule has 21 heavy (non-hydrogen) atoms. The zero-order valence-corrected chi connectivity index (χ0v) is 10.4. The van der Waals surface area contributed by atoms with Crippen LogP contribution < -0.4 is 0 Å². The van der Waals surface area contributed by atoms with Crippen molar-refractivity contribution in [2.24, 2.45) is 0 Å². The Morgan fingerprint density at radius 1 is 1.10 bits per heavy atom. The molecule has 1 unspecified atom stereocenters. The Morgan fingerprint density at radius 3 is 2.29 bits per heavy atom. The third-order valence-electron chi connectivity index (χ3n) is 2.82. The van der Waals surface area contributed by atoms with Crippen LogP contribution in [0.4, 0.5) is 26.3 Å². The number of halogens is 6. The first-order valence-electron chi connectivity index (χ1n) is 5.83. The monoisotopic (exact) mass is 312 g/mol. The number of rotatable bonds is 3. The summed E-state index contributed by atoms with van der Waals surface area (Å²) in [6, 6.07) is 5.70. The standard InChI is InChI=1S/C12H10F6N2O/c13-11(14,15)6-20-8-4-2-1-3-7(8)19-10(20)5-9(21)12(16,17)18/h1-4,9,21H,5-6H2. The minimum atomic E-state index is -4.92.